The summed E-state index contributed by atoms with van der Waals surface area (Å²) >= 11 is 5.15. The van der Waals surface area contributed by atoms with Crippen LogP contribution >= 0.6 is 12.2 Å². The number of nitrogens with zero attached hydrogens (tertiary/aromatic N) is 1. The van der Waals surface area contributed by atoms with Crippen molar-refractivity contribution in [2.24, 2.45) is 11.7 Å². The number of thiocarbonyl (C=S) groups is 1. The largest absolute Gasteiger partial charge is 0.392 e. The molecule has 1 saturated heterocycles. The van der Waals surface area contributed by atoms with Crippen LogP contribution in [0, 0.1) is 11.7 Å². The van der Waals surface area contributed by atoms with E-state index in [1.165, 1.54) is 12.5 Å². The van der Waals surface area contributed by atoms with Gasteiger partial charge < -0.3 is 5.73 Å². The standard InChI is InChI=1S/C14H19FN2S/c1-10-5-4-8-17(9-10)13(14(16)18)11-6-2-3-7-12(11)15/h2-3,6-7,10,13H,4-5,8-9H2,1H3,(H2,16,18). The zero-order valence-corrected chi connectivity index (χ0v) is 11.4. The van der Waals surface area contributed by atoms with Crippen LogP contribution < -0.4 is 5.73 Å². The van der Waals surface area contributed by atoms with Gasteiger partial charge in [-0.3, -0.25) is 4.90 Å². The van der Waals surface area contributed by atoms with E-state index in [-0.39, 0.29) is 11.9 Å². The highest BCUT2D eigenvalue weighted by molar-refractivity contribution is 7.80. The second-order valence-corrected chi connectivity index (χ2v) is 5.54. The van der Waals surface area contributed by atoms with Crippen LogP contribution in [0.3, 0.4) is 0 Å². The average molecular weight is 266 g/mol. The highest BCUT2D eigenvalue weighted by atomic mass is 32.1. The molecule has 1 aromatic carbocycles. The van der Waals surface area contributed by atoms with Crippen LogP contribution in [0.25, 0.3) is 0 Å². The summed E-state index contributed by atoms with van der Waals surface area (Å²) in [6, 6.07) is 6.49. The predicted molar refractivity (Wildman–Crippen MR) is 75.9 cm³/mol. The third-order valence-corrected chi connectivity index (χ3v) is 3.75. The Morgan fingerprint density at radius 1 is 1.50 bits per heavy atom. The van der Waals surface area contributed by atoms with Crippen molar-refractivity contribution in [2.45, 2.75) is 25.8 Å². The average Bonchev–Trinajstić information content (AvgIpc) is 2.32. The Morgan fingerprint density at radius 2 is 2.22 bits per heavy atom. The van der Waals surface area contributed by atoms with Gasteiger partial charge in [-0.05, 0) is 31.4 Å². The Labute approximate surface area is 113 Å². The lowest BCUT2D eigenvalue weighted by Crippen LogP contribution is -2.42. The van der Waals surface area contributed by atoms with E-state index in [4.69, 9.17) is 18.0 Å². The fraction of sp³-hybridized carbons (Fsp3) is 0.500. The zero-order valence-electron chi connectivity index (χ0n) is 10.6. The van der Waals surface area contributed by atoms with E-state index in [9.17, 15) is 4.39 Å². The van der Waals surface area contributed by atoms with Crippen molar-refractivity contribution in [2.75, 3.05) is 13.1 Å². The van der Waals surface area contributed by atoms with Gasteiger partial charge in [-0.1, -0.05) is 37.3 Å². The number of hydrogen-bond donors (Lipinski definition) is 1. The molecule has 0 radical (unpaired) electrons. The SMILES string of the molecule is CC1CCCN(C(C(N)=S)c2ccccc2F)C1. The first-order valence-electron chi connectivity index (χ1n) is 6.37. The summed E-state index contributed by atoms with van der Waals surface area (Å²) in [7, 11) is 0. The van der Waals surface area contributed by atoms with Crippen LogP contribution in [0.1, 0.15) is 31.4 Å². The first kappa shape index (κ1) is 13.4. The highest BCUT2D eigenvalue weighted by Crippen LogP contribution is 2.28. The number of halogens is 1. The zero-order chi connectivity index (χ0) is 13.1. The van der Waals surface area contributed by atoms with Crippen molar-refractivity contribution in [3.63, 3.8) is 0 Å². The Hall–Kier alpha value is -1.00. The smallest absolute Gasteiger partial charge is 0.128 e. The molecule has 2 nitrogen and oxygen atoms in total. The molecule has 1 fully saturated rings. The van der Waals surface area contributed by atoms with Crippen LogP contribution in [-0.2, 0) is 0 Å². The van der Waals surface area contributed by atoms with Crippen molar-refractivity contribution >= 4 is 17.2 Å². The third kappa shape index (κ3) is 2.87. The second-order valence-electron chi connectivity index (χ2n) is 5.07. The number of benzene rings is 1. The second kappa shape index (κ2) is 5.76. The molecule has 1 aromatic rings. The van der Waals surface area contributed by atoms with Gasteiger partial charge >= 0.3 is 0 Å². The summed E-state index contributed by atoms with van der Waals surface area (Å²) in [6.45, 7) is 4.07. The van der Waals surface area contributed by atoms with Crippen LogP contribution in [0.2, 0.25) is 0 Å². The fourth-order valence-electron chi connectivity index (χ4n) is 2.69. The molecule has 2 rings (SSSR count). The Bertz CT molecular complexity index is 436. The van der Waals surface area contributed by atoms with E-state index in [1.54, 1.807) is 12.1 Å². The summed E-state index contributed by atoms with van der Waals surface area (Å²) in [4.78, 5) is 2.56. The van der Waals surface area contributed by atoms with Gasteiger partial charge in [-0.25, -0.2) is 4.39 Å². The van der Waals surface area contributed by atoms with Crippen LogP contribution in [0.5, 0.6) is 0 Å². The monoisotopic (exact) mass is 266 g/mol. The van der Waals surface area contributed by atoms with Gasteiger partial charge in [0.05, 0.1) is 11.0 Å². The van der Waals surface area contributed by atoms with E-state index in [0.29, 0.717) is 16.5 Å². The summed E-state index contributed by atoms with van der Waals surface area (Å²) < 4.78 is 13.9. The molecule has 0 amide bonds. The van der Waals surface area contributed by atoms with Gasteiger partial charge in [0.25, 0.3) is 0 Å². The minimum atomic E-state index is -0.274. The van der Waals surface area contributed by atoms with Crippen LogP contribution in [-0.4, -0.2) is 23.0 Å². The molecule has 1 aliphatic rings. The minimum Gasteiger partial charge on any atom is -0.392 e. The van der Waals surface area contributed by atoms with E-state index in [0.717, 1.165) is 19.5 Å². The Morgan fingerprint density at radius 3 is 2.83 bits per heavy atom. The van der Waals surface area contributed by atoms with E-state index in [2.05, 4.69) is 11.8 Å². The van der Waals surface area contributed by atoms with Crippen molar-refractivity contribution in [1.82, 2.24) is 4.90 Å². The molecular weight excluding hydrogens is 247 g/mol. The van der Waals surface area contributed by atoms with Crippen molar-refractivity contribution < 1.29 is 4.39 Å². The maximum atomic E-state index is 13.9. The number of piperidine rings is 1. The van der Waals surface area contributed by atoms with Crippen molar-refractivity contribution in [1.29, 1.82) is 0 Å². The van der Waals surface area contributed by atoms with E-state index >= 15 is 0 Å². The molecule has 1 aliphatic heterocycles. The molecule has 98 valence electrons. The molecule has 0 saturated carbocycles. The lowest BCUT2D eigenvalue weighted by Gasteiger charge is -2.37. The van der Waals surface area contributed by atoms with E-state index < -0.39 is 0 Å². The van der Waals surface area contributed by atoms with Crippen molar-refractivity contribution in [3.05, 3.63) is 35.6 Å². The maximum absolute atomic E-state index is 13.9. The lowest BCUT2D eigenvalue weighted by molar-refractivity contribution is 0.160. The minimum absolute atomic E-state index is 0.228. The summed E-state index contributed by atoms with van der Waals surface area (Å²) in [5, 5.41) is 0. The number of nitrogens with two attached hydrogens (primary N) is 1. The Kier molecular flexibility index (Phi) is 4.30. The molecule has 2 atom stereocenters. The van der Waals surface area contributed by atoms with Crippen LogP contribution in [0.4, 0.5) is 4.39 Å². The molecule has 0 bridgehead atoms. The first-order chi connectivity index (χ1) is 8.59. The Balaban J connectivity index is 2.28. The van der Waals surface area contributed by atoms with Gasteiger partial charge in [0.2, 0.25) is 0 Å². The fourth-order valence-corrected chi connectivity index (χ4v) is 2.96. The molecular formula is C14H19FN2S. The van der Waals surface area contributed by atoms with Crippen LogP contribution in [0.15, 0.2) is 24.3 Å². The lowest BCUT2D eigenvalue weighted by atomic mass is 9.96. The summed E-state index contributed by atoms with van der Waals surface area (Å²) in [5.41, 5.74) is 6.43. The van der Waals surface area contributed by atoms with Gasteiger partial charge in [0.15, 0.2) is 0 Å². The molecule has 0 aliphatic carbocycles. The number of hydrogen-bond acceptors (Lipinski definition) is 2. The first-order valence-corrected chi connectivity index (χ1v) is 6.78. The van der Waals surface area contributed by atoms with Gasteiger partial charge in [0, 0.05) is 12.1 Å². The quantitative estimate of drug-likeness (QED) is 0.853. The molecule has 2 N–H and O–H groups in total. The topological polar surface area (TPSA) is 29.3 Å². The van der Waals surface area contributed by atoms with E-state index in [1.807, 2.05) is 6.07 Å². The third-order valence-electron chi connectivity index (χ3n) is 3.52. The normalized spacial score (nSPS) is 22.7. The molecule has 0 aromatic heterocycles. The molecule has 18 heavy (non-hydrogen) atoms. The van der Waals surface area contributed by atoms with Gasteiger partial charge in [0.1, 0.15) is 5.82 Å². The molecule has 4 heteroatoms. The summed E-state index contributed by atoms with van der Waals surface area (Å²) in [5.74, 6) is 0.385. The van der Waals surface area contributed by atoms with Gasteiger partial charge in [-0.2, -0.15) is 0 Å². The van der Waals surface area contributed by atoms with Gasteiger partial charge in [-0.15, -0.1) is 0 Å². The highest BCUT2D eigenvalue weighted by Gasteiger charge is 2.28. The molecule has 0 spiro atoms. The number of rotatable bonds is 3. The molecule has 2 unspecified atom stereocenters. The number of likely N-dealkylation sites (tertiary alicyclic amines) is 1. The summed E-state index contributed by atoms with van der Waals surface area (Å²) in [6.07, 6.45) is 2.34. The predicted octanol–water partition coefficient (Wildman–Crippen LogP) is 2.88. The molecule has 1 heterocycles. The maximum Gasteiger partial charge on any atom is 0.128 e. The van der Waals surface area contributed by atoms with Crippen molar-refractivity contribution in [3.8, 4) is 0 Å².